The smallest absolute Gasteiger partial charge is 0.331 e. The standard InChI is InChI=1S/C19H14BrFN2O4/c1-27-16-7-4-13(20)8-12(16)9-15-17(24)22-19(26)23(18(15)25)10-11-2-5-14(21)6-3-11/h2-9H,10H2,1H3,(H,22,24,26)/b15-9-. The Hall–Kier alpha value is -3.00. The Kier molecular flexibility index (Phi) is 5.36. The van der Waals surface area contributed by atoms with E-state index in [9.17, 15) is 18.8 Å². The summed E-state index contributed by atoms with van der Waals surface area (Å²) in [4.78, 5) is 37.9. The van der Waals surface area contributed by atoms with Crippen LogP contribution in [0.5, 0.6) is 5.75 Å². The maximum Gasteiger partial charge on any atom is 0.331 e. The highest BCUT2D eigenvalue weighted by atomic mass is 79.9. The molecule has 2 aromatic rings. The normalized spacial score (nSPS) is 15.9. The van der Waals surface area contributed by atoms with Crippen molar-refractivity contribution in [2.75, 3.05) is 7.11 Å². The van der Waals surface area contributed by atoms with Crippen molar-refractivity contribution in [2.45, 2.75) is 6.54 Å². The van der Waals surface area contributed by atoms with Gasteiger partial charge in [0.1, 0.15) is 17.1 Å². The number of hydrogen-bond acceptors (Lipinski definition) is 4. The van der Waals surface area contributed by atoms with E-state index in [1.807, 2.05) is 0 Å². The van der Waals surface area contributed by atoms with Crippen LogP contribution in [0.15, 0.2) is 52.5 Å². The largest absolute Gasteiger partial charge is 0.496 e. The van der Waals surface area contributed by atoms with Gasteiger partial charge in [-0.3, -0.25) is 19.8 Å². The summed E-state index contributed by atoms with van der Waals surface area (Å²) < 4.78 is 19.0. The molecule has 0 atom stereocenters. The first-order valence-electron chi connectivity index (χ1n) is 7.86. The Morgan fingerprint density at radius 1 is 1.15 bits per heavy atom. The lowest BCUT2D eigenvalue weighted by Gasteiger charge is -2.26. The molecular weight excluding hydrogens is 419 g/mol. The molecule has 138 valence electrons. The number of carbonyl (C=O) groups excluding carboxylic acids is 3. The molecule has 8 heteroatoms. The Morgan fingerprint density at radius 3 is 2.52 bits per heavy atom. The van der Waals surface area contributed by atoms with E-state index in [1.165, 1.54) is 37.5 Å². The first-order chi connectivity index (χ1) is 12.9. The van der Waals surface area contributed by atoms with Crippen molar-refractivity contribution in [1.29, 1.82) is 0 Å². The van der Waals surface area contributed by atoms with Crippen LogP contribution in [-0.4, -0.2) is 29.9 Å². The minimum absolute atomic E-state index is 0.0921. The van der Waals surface area contributed by atoms with E-state index in [0.717, 1.165) is 9.37 Å². The zero-order valence-electron chi connectivity index (χ0n) is 14.2. The number of nitrogens with zero attached hydrogens (tertiary/aromatic N) is 1. The first kappa shape index (κ1) is 18.8. The first-order valence-corrected chi connectivity index (χ1v) is 8.65. The lowest BCUT2D eigenvalue weighted by Crippen LogP contribution is -2.53. The van der Waals surface area contributed by atoms with Gasteiger partial charge in [-0.25, -0.2) is 9.18 Å². The van der Waals surface area contributed by atoms with Gasteiger partial charge in [0.2, 0.25) is 0 Å². The van der Waals surface area contributed by atoms with Crippen LogP contribution in [0.25, 0.3) is 6.08 Å². The number of rotatable bonds is 4. The average Bonchev–Trinajstić information content (AvgIpc) is 2.64. The van der Waals surface area contributed by atoms with Gasteiger partial charge < -0.3 is 4.74 Å². The molecule has 0 aromatic heterocycles. The van der Waals surface area contributed by atoms with E-state index in [0.29, 0.717) is 16.9 Å². The molecule has 0 aliphatic carbocycles. The highest BCUT2D eigenvalue weighted by Gasteiger charge is 2.35. The SMILES string of the molecule is COc1ccc(Br)cc1/C=C1/C(=O)NC(=O)N(Cc2ccc(F)cc2)C1=O. The van der Waals surface area contributed by atoms with Crippen LogP contribution in [0.3, 0.4) is 0 Å². The lowest BCUT2D eigenvalue weighted by atomic mass is 10.1. The summed E-state index contributed by atoms with van der Waals surface area (Å²) in [6.45, 7) is -0.0921. The molecule has 1 aliphatic heterocycles. The number of benzene rings is 2. The number of carbonyl (C=O) groups is 3. The van der Waals surface area contributed by atoms with Gasteiger partial charge in [0, 0.05) is 10.0 Å². The molecule has 4 amide bonds. The lowest BCUT2D eigenvalue weighted by molar-refractivity contribution is -0.130. The van der Waals surface area contributed by atoms with E-state index < -0.39 is 23.7 Å². The molecule has 1 saturated heterocycles. The van der Waals surface area contributed by atoms with Gasteiger partial charge in [0.15, 0.2) is 0 Å². The third-order valence-corrected chi connectivity index (χ3v) is 4.42. The number of barbiturate groups is 1. The maximum atomic E-state index is 13.0. The molecule has 0 saturated carbocycles. The number of imide groups is 2. The van der Waals surface area contributed by atoms with Gasteiger partial charge in [0.05, 0.1) is 13.7 Å². The molecule has 2 aromatic carbocycles. The summed E-state index contributed by atoms with van der Waals surface area (Å²) in [5, 5.41) is 2.15. The van der Waals surface area contributed by atoms with Crippen molar-refractivity contribution < 1.29 is 23.5 Å². The van der Waals surface area contributed by atoms with Crippen LogP contribution in [0.2, 0.25) is 0 Å². The summed E-state index contributed by atoms with van der Waals surface area (Å²) in [5.41, 5.74) is 0.850. The second kappa shape index (κ2) is 7.71. The second-order valence-corrected chi connectivity index (χ2v) is 6.64. The van der Waals surface area contributed by atoms with Crippen LogP contribution < -0.4 is 10.1 Å². The minimum Gasteiger partial charge on any atom is -0.496 e. The number of hydrogen-bond donors (Lipinski definition) is 1. The number of nitrogens with one attached hydrogen (secondary N) is 1. The fourth-order valence-corrected chi connectivity index (χ4v) is 2.96. The fraction of sp³-hybridized carbons (Fsp3) is 0.105. The number of amides is 4. The average molecular weight is 433 g/mol. The predicted molar refractivity (Wildman–Crippen MR) is 99.2 cm³/mol. The van der Waals surface area contributed by atoms with Gasteiger partial charge in [0.25, 0.3) is 11.8 Å². The molecule has 27 heavy (non-hydrogen) atoms. The molecule has 1 aliphatic rings. The van der Waals surface area contributed by atoms with Crippen molar-refractivity contribution in [2.24, 2.45) is 0 Å². The van der Waals surface area contributed by atoms with E-state index in [-0.39, 0.29) is 12.1 Å². The predicted octanol–water partition coefficient (Wildman–Crippen LogP) is 3.26. The molecule has 0 spiro atoms. The Labute approximate surface area is 162 Å². The summed E-state index contributed by atoms with van der Waals surface area (Å²) in [6.07, 6.45) is 1.37. The molecule has 0 bridgehead atoms. The highest BCUT2D eigenvalue weighted by molar-refractivity contribution is 9.10. The van der Waals surface area contributed by atoms with E-state index in [1.54, 1.807) is 18.2 Å². The zero-order valence-corrected chi connectivity index (χ0v) is 15.7. The second-order valence-electron chi connectivity index (χ2n) is 5.72. The summed E-state index contributed by atoms with van der Waals surface area (Å²) in [6, 6.07) is 9.70. The van der Waals surface area contributed by atoms with Crippen molar-refractivity contribution in [3.05, 3.63) is 69.5 Å². The van der Waals surface area contributed by atoms with Gasteiger partial charge in [-0.05, 0) is 42.0 Å². The number of methoxy groups -OCH3 is 1. The third kappa shape index (κ3) is 4.06. The van der Waals surface area contributed by atoms with Crippen molar-refractivity contribution in [3.63, 3.8) is 0 Å². The Balaban J connectivity index is 1.95. The van der Waals surface area contributed by atoms with Crippen molar-refractivity contribution >= 4 is 39.9 Å². The highest BCUT2D eigenvalue weighted by Crippen LogP contribution is 2.26. The van der Waals surface area contributed by atoms with E-state index in [4.69, 9.17) is 4.74 Å². The molecular formula is C19H14BrFN2O4. The molecule has 1 heterocycles. The third-order valence-electron chi connectivity index (χ3n) is 3.93. The summed E-state index contributed by atoms with van der Waals surface area (Å²) in [5.74, 6) is -1.49. The van der Waals surface area contributed by atoms with E-state index in [2.05, 4.69) is 21.2 Å². The monoisotopic (exact) mass is 432 g/mol. The number of ether oxygens (including phenoxy) is 1. The maximum absolute atomic E-state index is 13.0. The molecule has 3 rings (SSSR count). The summed E-state index contributed by atoms with van der Waals surface area (Å²) >= 11 is 3.33. The van der Waals surface area contributed by atoms with E-state index >= 15 is 0 Å². The van der Waals surface area contributed by atoms with Gasteiger partial charge in [-0.15, -0.1) is 0 Å². The number of urea groups is 1. The zero-order chi connectivity index (χ0) is 19.6. The number of halogens is 2. The molecule has 0 radical (unpaired) electrons. The molecule has 1 fully saturated rings. The Bertz CT molecular complexity index is 957. The van der Waals surface area contributed by atoms with Crippen LogP contribution in [0.1, 0.15) is 11.1 Å². The van der Waals surface area contributed by atoms with Gasteiger partial charge >= 0.3 is 6.03 Å². The minimum atomic E-state index is -0.826. The quantitative estimate of drug-likeness (QED) is 0.594. The Morgan fingerprint density at radius 2 is 1.85 bits per heavy atom. The fourth-order valence-electron chi connectivity index (χ4n) is 2.58. The van der Waals surface area contributed by atoms with Crippen LogP contribution >= 0.6 is 15.9 Å². The van der Waals surface area contributed by atoms with Crippen LogP contribution in [0, 0.1) is 5.82 Å². The topological polar surface area (TPSA) is 75.7 Å². The summed E-state index contributed by atoms with van der Waals surface area (Å²) in [7, 11) is 1.47. The van der Waals surface area contributed by atoms with Crippen LogP contribution in [0.4, 0.5) is 9.18 Å². The van der Waals surface area contributed by atoms with Gasteiger partial charge in [-0.2, -0.15) is 0 Å². The molecule has 0 unspecified atom stereocenters. The van der Waals surface area contributed by atoms with Crippen molar-refractivity contribution in [3.8, 4) is 5.75 Å². The molecule has 6 nitrogen and oxygen atoms in total. The van der Waals surface area contributed by atoms with Crippen molar-refractivity contribution in [1.82, 2.24) is 10.2 Å². The van der Waals surface area contributed by atoms with Gasteiger partial charge in [-0.1, -0.05) is 28.1 Å². The molecule has 1 N–H and O–H groups in total. The van der Waals surface area contributed by atoms with Crippen LogP contribution in [-0.2, 0) is 16.1 Å².